The van der Waals surface area contributed by atoms with E-state index >= 15 is 0 Å². The Morgan fingerprint density at radius 3 is 2.36 bits per heavy atom. The normalized spacial score (nSPS) is 11.1. The Labute approximate surface area is 151 Å². The van der Waals surface area contributed by atoms with Crippen LogP contribution in [0.5, 0.6) is 0 Å². The van der Waals surface area contributed by atoms with Gasteiger partial charge in [0.1, 0.15) is 11.2 Å². The van der Waals surface area contributed by atoms with Gasteiger partial charge in [0.2, 0.25) is 11.8 Å². The molecule has 132 valence electrons. The summed E-state index contributed by atoms with van der Waals surface area (Å²) >= 11 is 6.05. The molecule has 4 nitrogen and oxygen atoms in total. The van der Waals surface area contributed by atoms with Crippen LogP contribution in [0.4, 0.5) is 10.1 Å². The molecule has 0 aliphatic rings. The maximum atomic E-state index is 12.9. The maximum Gasteiger partial charge on any atom is 0.239 e. The second-order valence-corrected chi connectivity index (χ2v) is 6.71. The molecule has 0 unspecified atom stereocenters. The summed E-state index contributed by atoms with van der Waals surface area (Å²) in [6.07, 6.45) is 0. The molecule has 0 aliphatic carbocycles. The number of halogens is 2. The van der Waals surface area contributed by atoms with E-state index in [2.05, 4.69) is 10.6 Å². The minimum atomic E-state index is -1.28. The quantitative estimate of drug-likeness (QED) is 0.788. The van der Waals surface area contributed by atoms with Gasteiger partial charge in [-0.3, -0.25) is 9.59 Å². The van der Waals surface area contributed by atoms with Crippen LogP contribution in [0.1, 0.15) is 25.0 Å². The Hall–Kier alpha value is -2.40. The number of anilines is 1. The molecule has 0 atom stereocenters. The SMILES string of the molecule is Cc1c(Cl)cccc1NC(=O)C(C)(C)C(=O)NCc1ccc(F)cc1. The molecule has 0 aliphatic heterocycles. The van der Waals surface area contributed by atoms with Crippen molar-refractivity contribution in [2.45, 2.75) is 27.3 Å². The number of benzene rings is 2. The fraction of sp³-hybridized carbons (Fsp3) is 0.263. The van der Waals surface area contributed by atoms with Gasteiger partial charge >= 0.3 is 0 Å². The number of amides is 2. The predicted molar refractivity (Wildman–Crippen MR) is 96.8 cm³/mol. The van der Waals surface area contributed by atoms with Crippen molar-refractivity contribution in [2.24, 2.45) is 5.41 Å². The lowest BCUT2D eigenvalue weighted by atomic mass is 9.90. The Kier molecular flexibility index (Phi) is 5.80. The minimum absolute atomic E-state index is 0.214. The third-order valence-corrected chi connectivity index (χ3v) is 4.43. The van der Waals surface area contributed by atoms with Crippen molar-refractivity contribution in [3.05, 3.63) is 64.4 Å². The summed E-state index contributed by atoms with van der Waals surface area (Å²) in [5.41, 5.74) is 0.767. The van der Waals surface area contributed by atoms with E-state index in [4.69, 9.17) is 11.6 Å². The molecular formula is C19H20ClFN2O2. The lowest BCUT2D eigenvalue weighted by Gasteiger charge is -2.23. The first-order valence-corrected chi connectivity index (χ1v) is 8.19. The molecular weight excluding hydrogens is 343 g/mol. The molecule has 6 heteroatoms. The van der Waals surface area contributed by atoms with E-state index in [0.717, 1.165) is 11.1 Å². The Morgan fingerprint density at radius 1 is 1.08 bits per heavy atom. The van der Waals surface area contributed by atoms with E-state index in [1.165, 1.54) is 12.1 Å². The van der Waals surface area contributed by atoms with E-state index in [-0.39, 0.29) is 12.4 Å². The van der Waals surface area contributed by atoms with Crippen LogP contribution in [0.2, 0.25) is 5.02 Å². The molecule has 25 heavy (non-hydrogen) atoms. The molecule has 0 fully saturated rings. The molecule has 0 spiro atoms. The summed E-state index contributed by atoms with van der Waals surface area (Å²) < 4.78 is 12.9. The van der Waals surface area contributed by atoms with Crippen molar-refractivity contribution in [3.63, 3.8) is 0 Å². The topological polar surface area (TPSA) is 58.2 Å². The second-order valence-electron chi connectivity index (χ2n) is 6.30. The zero-order chi connectivity index (χ0) is 18.6. The van der Waals surface area contributed by atoms with Crippen LogP contribution in [0.3, 0.4) is 0 Å². The summed E-state index contributed by atoms with van der Waals surface area (Å²) in [7, 11) is 0. The Balaban J connectivity index is 2.03. The molecule has 0 saturated carbocycles. The van der Waals surface area contributed by atoms with E-state index in [9.17, 15) is 14.0 Å². The Morgan fingerprint density at radius 2 is 1.72 bits per heavy atom. The average Bonchev–Trinajstić information content (AvgIpc) is 2.58. The molecule has 2 aromatic carbocycles. The van der Waals surface area contributed by atoms with Crippen LogP contribution < -0.4 is 10.6 Å². The molecule has 2 N–H and O–H groups in total. The highest BCUT2D eigenvalue weighted by molar-refractivity contribution is 6.31. The van der Waals surface area contributed by atoms with E-state index in [0.29, 0.717) is 10.7 Å². The fourth-order valence-corrected chi connectivity index (χ4v) is 2.30. The maximum absolute atomic E-state index is 12.9. The van der Waals surface area contributed by atoms with Crippen molar-refractivity contribution in [1.29, 1.82) is 0 Å². The zero-order valence-corrected chi connectivity index (χ0v) is 15.1. The van der Waals surface area contributed by atoms with Crippen LogP contribution in [-0.2, 0) is 16.1 Å². The highest BCUT2D eigenvalue weighted by Crippen LogP contribution is 2.25. The summed E-state index contributed by atoms with van der Waals surface area (Å²) in [5.74, 6) is -1.20. The lowest BCUT2D eigenvalue weighted by Crippen LogP contribution is -2.45. The molecule has 0 aromatic heterocycles. The van der Waals surface area contributed by atoms with Gasteiger partial charge in [0, 0.05) is 17.3 Å². The second kappa shape index (κ2) is 7.66. The third-order valence-electron chi connectivity index (χ3n) is 4.02. The molecule has 0 radical (unpaired) electrons. The van der Waals surface area contributed by atoms with Gasteiger partial charge in [-0.1, -0.05) is 29.8 Å². The van der Waals surface area contributed by atoms with Crippen molar-refractivity contribution in [2.75, 3.05) is 5.32 Å². The summed E-state index contributed by atoms with van der Waals surface area (Å²) in [4.78, 5) is 24.9. The van der Waals surface area contributed by atoms with Crippen molar-refractivity contribution in [3.8, 4) is 0 Å². The number of carbonyl (C=O) groups excluding carboxylic acids is 2. The van der Waals surface area contributed by atoms with Crippen molar-refractivity contribution < 1.29 is 14.0 Å². The first-order chi connectivity index (χ1) is 11.7. The van der Waals surface area contributed by atoms with Gasteiger partial charge in [-0.05, 0) is 56.2 Å². The average molecular weight is 363 g/mol. The van der Waals surface area contributed by atoms with Gasteiger partial charge in [-0.15, -0.1) is 0 Å². The standard InChI is InChI=1S/C19H20ClFN2O2/c1-12-15(20)5-4-6-16(12)23-18(25)19(2,3)17(24)22-11-13-7-9-14(21)10-8-13/h4-10H,11H2,1-3H3,(H,22,24)(H,23,25). The van der Waals surface area contributed by atoms with Crippen LogP contribution in [-0.4, -0.2) is 11.8 Å². The molecule has 0 saturated heterocycles. The summed E-state index contributed by atoms with van der Waals surface area (Å²) in [5, 5.41) is 5.99. The van der Waals surface area contributed by atoms with Gasteiger partial charge in [-0.2, -0.15) is 0 Å². The van der Waals surface area contributed by atoms with Crippen LogP contribution in [0, 0.1) is 18.2 Å². The molecule has 0 bridgehead atoms. The predicted octanol–water partition coefficient (Wildman–Crippen LogP) is 4.07. The molecule has 2 amide bonds. The highest BCUT2D eigenvalue weighted by Gasteiger charge is 2.36. The van der Waals surface area contributed by atoms with Gasteiger partial charge in [0.25, 0.3) is 0 Å². The van der Waals surface area contributed by atoms with Gasteiger partial charge in [0.05, 0.1) is 0 Å². The van der Waals surface area contributed by atoms with Crippen molar-refractivity contribution in [1.82, 2.24) is 5.32 Å². The van der Waals surface area contributed by atoms with Crippen LogP contribution >= 0.6 is 11.6 Å². The number of hydrogen-bond donors (Lipinski definition) is 2. The first-order valence-electron chi connectivity index (χ1n) is 7.81. The van der Waals surface area contributed by atoms with E-state index < -0.39 is 17.2 Å². The van der Waals surface area contributed by atoms with Gasteiger partial charge in [-0.25, -0.2) is 4.39 Å². The molecule has 2 aromatic rings. The highest BCUT2D eigenvalue weighted by atomic mass is 35.5. The third kappa shape index (κ3) is 4.57. The zero-order valence-electron chi connectivity index (χ0n) is 14.3. The van der Waals surface area contributed by atoms with Crippen LogP contribution in [0.15, 0.2) is 42.5 Å². The van der Waals surface area contributed by atoms with E-state index in [1.54, 1.807) is 51.1 Å². The summed E-state index contributed by atoms with van der Waals surface area (Å²) in [6.45, 7) is 5.09. The van der Waals surface area contributed by atoms with E-state index in [1.807, 2.05) is 0 Å². The number of hydrogen-bond acceptors (Lipinski definition) is 2. The number of rotatable bonds is 5. The minimum Gasteiger partial charge on any atom is -0.351 e. The smallest absolute Gasteiger partial charge is 0.239 e. The molecule has 2 rings (SSSR count). The Bertz CT molecular complexity index is 789. The number of carbonyl (C=O) groups is 2. The largest absolute Gasteiger partial charge is 0.351 e. The monoisotopic (exact) mass is 362 g/mol. The van der Waals surface area contributed by atoms with Gasteiger partial charge in [0.15, 0.2) is 0 Å². The first kappa shape index (κ1) is 18.9. The van der Waals surface area contributed by atoms with Gasteiger partial charge < -0.3 is 10.6 Å². The van der Waals surface area contributed by atoms with Crippen LogP contribution in [0.25, 0.3) is 0 Å². The fourth-order valence-electron chi connectivity index (χ4n) is 2.13. The number of nitrogens with one attached hydrogen (secondary N) is 2. The molecule has 0 heterocycles. The summed E-state index contributed by atoms with van der Waals surface area (Å²) in [6, 6.07) is 11.0. The lowest BCUT2D eigenvalue weighted by molar-refractivity contribution is -0.138. The van der Waals surface area contributed by atoms with Crippen molar-refractivity contribution >= 4 is 29.1 Å².